The van der Waals surface area contributed by atoms with Crippen molar-refractivity contribution in [1.29, 1.82) is 0 Å². The maximum Gasteiger partial charge on any atom is 0.256 e. The van der Waals surface area contributed by atoms with Crippen molar-refractivity contribution in [2.75, 3.05) is 18.5 Å². The number of nitrogens with two attached hydrogens (primary N) is 1. The molecule has 0 radical (unpaired) electrons. The maximum absolute atomic E-state index is 12.5. The summed E-state index contributed by atoms with van der Waals surface area (Å²) in [5, 5.41) is 9.72. The smallest absolute Gasteiger partial charge is 0.256 e. The van der Waals surface area contributed by atoms with Gasteiger partial charge in [0.25, 0.3) is 5.91 Å². The Balaban J connectivity index is 2.22. The van der Waals surface area contributed by atoms with Crippen molar-refractivity contribution in [3.05, 3.63) is 29.3 Å². The lowest BCUT2D eigenvalue weighted by Gasteiger charge is -2.34. The van der Waals surface area contributed by atoms with Crippen LogP contribution in [-0.4, -0.2) is 35.1 Å². The van der Waals surface area contributed by atoms with E-state index in [0.717, 1.165) is 5.56 Å². The van der Waals surface area contributed by atoms with Crippen molar-refractivity contribution in [3.63, 3.8) is 0 Å². The molecule has 4 N–H and O–H groups in total. The lowest BCUT2D eigenvalue weighted by atomic mass is 9.96. The predicted octanol–water partition coefficient (Wildman–Crippen LogP) is 1.12. The molecule has 19 heavy (non-hydrogen) atoms. The summed E-state index contributed by atoms with van der Waals surface area (Å²) in [4.78, 5) is 14.3. The second-order valence-corrected chi connectivity index (χ2v) is 5.28. The van der Waals surface area contributed by atoms with Gasteiger partial charge in [-0.3, -0.25) is 10.6 Å². The van der Waals surface area contributed by atoms with Gasteiger partial charge in [0.1, 0.15) is 0 Å². The average Bonchev–Trinajstić information content (AvgIpc) is 2.41. The minimum Gasteiger partial charge on any atom is -0.393 e. The lowest BCUT2D eigenvalue weighted by molar-refractivity contribution is 0.0298. The van der Waals surface area contributed by atoms with Gasteiger partial charge < -0.3 is 15.4 Å². The van der Waals surface area contributed by atoms with E-state index in [1.165, 1.54) is 0 Å². The molecule has 1 aromatic rings. The van der Waals surface area contributed by atoms with Gasteiger partial charge in [-0.15, -0.1) is 0 Å². The summed E-state index contributed by atoms with van der Waals surface area (Å²) in [5.74, 6) is 5.53. The number of carbonyl (C=O) groups excluding carboxylic acids is 1. The van der Waals surface area contributed by atoms with Gasteiger partial charge in [-0.2, -0.15) is 0 Å². The molecule has 5 heteroatoms. The van der Waals surface area contributed by atoms with Gasteiger partial charge in [-0.25, -0.2) is 0 Å². The van der Waals surface area contributed by atoms with E-state index in [2.05, 4.69) is 5.43 Å². The van der Waals surface area contributed by atoms with Crippen LogP contribution in [0.3, 0.4) is 0 Å². The van der Waals surface area contributed by atoms with E-state index in [1.807, 2.05) is 32.0 Å². The third-order valence-electron chi connectivity index (χ3n) is 3.71. The number of carbonyl (C=O) groups is 1. The van der Waals surface area contributed by atoms with Gasteiger partial charge in [-0.1, -0.05) is 18.6 Å². The molecule has 0 spiro atoms. The van der Waals surface area contributed by atoms with Crippen molar-refractivity contribution in [3.8, 4) is 0 Å². The Labute approximate surface area is 113 Å². The van der Waals surface area contributed by atoms with E-state index in [4.69, 9.17) is 5.84 Å². The topological polar surface area (TPSA) is 78.6 Å². The molecule has 2 rings (SSSR count). The SMILES string of the molecule is Cc1ccc(NN)c(C(=O)N2CCC(O)C(C)C2)c1. The van der Waals surface area contributed by atoms with Crippen LogP contribution in [0.5, 0.6) is 0 Å². The quantitative estimate of drug-likeness (QED) is 0.552. The molecule has 0 saturated carbocycles. The number of likely N-dealkylation sites (tertiary alicyclic amines) is 1. The summed E-state index contributed by atoms with van der Waals surface area (Å²) in [6.45, 7) is 5.07. The zero-order chi connectivity index (χ0) is 14.0. The molecule has 2 unspecified atom stereocenters. The van der Waals surface area contributed by atoms with Gasteiger partial charge in [-0.05, 0) is 31.4 Å². The first kappa shape index (κ1) is 13.8. The number of nitrogens with zero attached hydrogens (tertiary/aromatic N) is 1. The molecular weight excluding hydrogens is 242 g/mol. The number of piperidine rings is 1. The number of nitrogens with one attached hydrogen (secondary N) is 1. The molecule has 0 bridgehead atoms. The van der Waals surface area contributed by atoms with Gasteiger partial charge in [0.05, 0.1) is 17.4 Å². The number of aliphatic hydroxyl groups is 1. The fourth-order valence-corrected chi connectivity index (χ4v) is 2.45. The third kappa shape index (κ3) is 2.88. The number of aliphatic hydroxyl groups excluding tert-OH is 1. The van der Waals surface area contributed by atoms with Gasteiger partial charge in [0.2, 0.25) is 0 Å². The zero-order valence-electron chi connectivity index (χ0n) is 11.4. The summed E-state index contributed by atoms with van der Waals surface area (Å²) >= 11 is 0. The molecule has 0 aliphatic carbocycles. The number of aryl methyl sites for hydroxylation is 1. The highest BCUT2D eigenvalue weighted by molar-refractivity contribution is 5.99. The van der Waals surface area contributed by atoms with Crippen molar-refractivity contribution >= 4 is 11.6 Å². The van der Waals surface area contributed by atoms with Crippen molar-refractivity contribution in [2.45, 2.75) is 26.4 Å². The highest BCUT2D eigenvalue weighted by Crippen LogP contribution is 2.22. The number of benzene rings is 1. The van der Waals surface area contributed by atoms with Crippen LogP contribution in [0, 0.1) is 12.8 Å². The molecule has 2 atom stereocenters. The van der Waals surface area contributed by atoms with Crippen molar-refractivity contribution in [1.82, 2.24) is 4.90 Å². The van der Waals surface area contributed by atoms with Gasteiger partial charge in [0.15, 0.2) is 0 Å². The van der Waals surface area contributed by atoms with E-state index in [-0.39, 0.29) is 17.9 Å². The predicted molar refractivity (Wildman–Crippen MR) is 74.7 cm³/mol. The molecule has 1 aromatic carbocycles. The van der Waals surface area contributed by atoms with E-state index >= 15 is 0 Å². The second kappa shape index (κ2) is 5.59. The summed E-state index contributed by atoms with van der Waals surface area (Å²) in [6.07, 6.45) is 0.318. The van der Waals surface area contributed by atoms with E-state index < -0.39 is 0 Å². The van der Waals surface area contributed by atoms with Crippen LogP contribution >= 0.6 is 0 Å². The maximum atomic E-state index is 12.5. The molecule has 1 fully saturated rings. The van der Waals surface area contributed by atoms with E-state index in [9.17, 15) is 9.90 Å². The van der Waals surface area contributed by atoms with E-state index in [1.54, 1.807) is 4.90 Å². The fraction of sp³-hybridized carbons (Fsp3) is 0.500. The first-order chi connectivity index (χ1) is 9.02. The number of anilines is 1. The van der Waals surface area contributed by atoms with Crippen LogP contribution in [0.15, 0.2) is 18.2 Å². The van der Waals surface area contributed by atoms with Crippen LogP contribution in [0.4, 0.5) is 5.69 Å². The Morgan fingerprint density at radius 1 is 1.53 bits per heavy atom. The molecule has 1 amide bonds. The molecule has 0 aromatic heterocycles. The highest BCUT2D eigenvalue weighted by atomic mass is 16.3. The lowest BCUT2D eigenvalue weighted by Crippen LogP contribution is -2.45. The largest absolute Gasteiger partial charge is 0.393 e. The minimum absolute atomic E-state index is 0.0320. The molecule has 5 nitrogen and oxygen atoms in total. The number of hydrogen-bond acceptors (Lipinski definition) is 4. The molecule has 1 aliphatic heterocycles. The van der Waals surface area contributed by atoms with Gasteiger partial charge in [0, 0.05) is 13.1 Å². The normalized spacial score (nSPS) is 23.3. The molecule has 1 heterocycles. The Bertz CT molecular complexity index is 476. The first-order valence-electron chi connectivity index (χ1n) is 6.57. The summed E-state index contributed by atoms with van der Waals surface area (Å²) in [7, 11) is 0. The zero-order valence-corrected chi connectivity index (χ0v) is 11.4. The highest BCUT2D eigenvalue weighted by Gasteiger charge is 2.28. The summed E-state index contributed by atoms with van der Waals surface area (Å²) in [5.41, 5.74) is 4.81. The van der Waals surface area contributed by atoms with E-state index in [0.29, 0.717) is 30.8 Å². The molecule has 1 saturated heterocycles. The number of hydrazine groups is 1. The number of nitrogen functional groups attached to an aromatic ring is 1. The monoisotopic (exact) mass is 263 g/mol. The average molecular weight is 263 g/mol. The van der Waals surface area contributed by atoms with Crippen LogP contribution in [0.1, 0.15) is 29.3 Å². The standard InChI is InChI=1S/C14H21N3O2/c1-9-3-4-12(16-15)11(7-9)14(19)17-6-5-13(18)10(2)8-17/h3-4,7,10,13,16,18H,5-6,8,15H2,1-2H3. The summed E-state index contributed by atoms with van der Waals surface area (Å²) < 4.78 is 0. The summed E-state index contributed by atoms with van der Waals surface area (Å²) in [6, 6.07) is 5.56. The number of hydrogen-bond donors (Lipinski definition) is 3. The van der Waals surface area contributed by atoms with Crippen molar-refractivity contribution in [2.24, 2.45) is 11.8 Å². The fourth-order valence-electron chi connectivity index (χ4n) is 2.45. The Kier molecular flexibility index (Phi) is 4.07. The van der Waals surface area contributed by atoms with Crippen LogP contribution in [-0.2, 0) is 0 Å². The number of amides is 1. The van der Waals surface area contributed by atoms with Gasteiger partial charge >= 0.3 is 0 Å². The third-order valence-corrected chi connectivity index (χ3v) is 3.71. The van der Waals surface area contributed by atoms with Crippen LogP contribution in [0.25, 0.3) is 0 Å². The molecular formula is C14H21N3O2. The first-order valence-corrected chi connectivity index (χ1v) is 6.57. The van der Waals surface area contributed by atoms with Crippen molar-refractivity contribution < 1.29 is 9.90 Å². The molecule has 1 aliphatic rings. The Hall–Kier alpha value is -1.59. The Morgan fingerprint density at radius 3 is 2.89 bits per heavy atom. The second-order valence-electron chi connectivity index (χ2n) is 5.28. The Morgan fingerprint density at radius 2 is 2.26 bits per heavy atom. The van der Waals surface area contributed by atoms with Crippen LogP contribution in [0.2, 0.25) is 0 Å². The minimum atomic E-state index is -0.311. The van der Waals surface area contributed by atoms with Crippen LogP contribution < -0.4 is 11.3 Å². The number of rotatable bonds is 2. The molecule has 104 valence electrons.